The van der Waals surface area contributed by atoms with Crippen LogP contribution < -0.4 is 0 Å². The monoisotopic (exact) mass is 290 g/mol. The molecule has 0 heterocycles. The fourth-order valence-corrected chi connectivity index (χ4v) is 3.48. The van der Waals surface area contributed by atoms with E-state index in [1.807, 2.05) is 11.8 Å². The molecule has 0 unspecified atom stereocenters. The fourth-order valence-electron chi connectivity index (χ4n) is 1.10. The summed E-state index contributed by atoms with van der Waals surface area (Å²) in [7, 11) is 0. The molecule has 2 heteroatoms. The summed E-state index contributed by atoms with van der Waals surface area (Å²) < 4.78 is 0.957. The second-order valence-corrected chi connectivity index (χ2v) is 5.83. The van der Waals surface area contributed by atoms with Crippen molar-refractivity contribution in [3.05, 3.63) is 30.3 Å². The van der Waals surface area contributed by atoms with E-state index in [9.17, 15) is 0 Å². The molecule has 2 rings (SSSR count). The first-order valence-corrected chi connectivity index (χ1v) is 6.41. The van der Waals surface area contributed by atoms with Gasteiger partial charge in [-0.3, -0.25) is 0 Å². The first-order chi connectivity index (χ1) is 5.86. The maximum Gasteiger partial charge on any atom is 0.0149 e. The number of benzene rings is 1. The lowest BCUT2D eigenvalue weighted by Crippen LogP contribution is -1.83. The van der Waals surface area contributed by atoms with Gasteiger partial charge in [0.25, 0.3) is 0 Å². The Morgan fingerprint density at radius 2 is 2.00 bits per heavy atom. The molecule has 0 N–H and O–H groups in total. The average molecular weight is 290 g/mol. The Balaban J connectivity index is 1.80. The molecule has 0 radical (unpaired) electrons. The highest BCUT2D eigenvalue weighted by Gasteiger charge is 2.33. The summed E-state index contributed by atoms with van der Waals surface area (Å²) in [4.78, 5) is 1.41. The van der Waals surface area contributed by atoms with Gasteiger partial charge in [0.2, 0.25) is 0 Å². The van der Waals surface area contributed by atoms with Crippen LogP contribution in [0.25, 0.3) is 0 Å². The third-order valence-corrected chi connectivity index (χ3v) is 4.77. The molecular formula is C10H11IS. The highest BCUT2D eigenvalue weighted by atomic mass is 127. The molecular weight excluding hydrogens is 279 g/mol. The van der Waals surface area contributed by atoms with Gasteiger partial charge in [-0.15, -0.1) is 11.8 Å². The first-order valence-electron chi connectivity index (χ1n) is 4.18. The van der Waals surface area contributed by atoms with Gasteiger partial charge in [0.05, 0.1) is 0 Å². The van der Waals surface area contributed by atoms with Crippen molar-refractivity contribution in [3.8, 4) is 0 Å². The number of alkyl halides is 1. The Kier molecular flexibility index (Phi) is 2.96. The van der Waals surface area contributed by atoms with Crippen molar-refractivity contribution >= 4 is 34.4 Å². The van der Waals surface area contributed by atoms with Crippen LogP contribution in [0.4, 0.5) is 0 Å². The van der Waals surface area contributed by atoms with Crippen molar-refractivity contribution in [1.82, 2.24) is 0 Å². The fraction of sp³-hybridized carbons (Fsp3) is 0.400. The lowest BCUT2D eigenvalue weighted by molar-refractivity contribution is 1.01. The van der Waals surface area contributed by atoms with Crippen molar-refractivity contribution in [2.75, 3.05) is 5.75 Å². The van der Waals surface area contributed by atoms with Gasteiger partial charge in [0.1, 0.15) is 0 Å². The Hall–Kier alpha value is 0.300. The summed E-state index contributed by atoms with van der Waals surface area (Å²) in [6.45, 7) is 0. The van der Waals surface area contributed by atoms with Crippen LogP contribution in [0.15, 0.2) is 35.2 Å². The van der Waals surface area contributed by atoms with E-state index in [4.69, 9.17) is 0 Å². The minimum Gasteiger partial charge on any atom is -0.126 e. The molecule has 0 nitrogen and oxygen atoms in total. The Bertz CT molecular complexity index is 247. The van der Waals surface area contributed by atoms with E-state index in [1.165, 1.54) is 17.1 Å². The van der Waals surface area contributed by atoms with Crippen molar-refractivity contribution < 1.29 is 0 Å². The predicted octanol–water partition coefficient (Wildman–Crippen LogP) is 3.60. The van der Waals surface area contributed by atoms with Gasteiger partial charge in [0, 0.05) is 14.6 Å². The van der Waals surface area contributed by atoms with Crippen LogP contribution in [0.5, 0.6) is 0 Å². The molecule has 0 spiro atoms. The van der Waals surface area contributed by atoms with E-state index >= 15 is 0 Å². The van der Waals surface area contributed by atoms with E-state index in [2.05, 4.69) is 52.9 Å². The number of rotatable bonds is 3. The highest BCUT2D eigenvalue weighted by Crippen LogP contribution is 2.41. The number of halogens is 1. The Labute approximate surface area is 91.3 Å². The molecule has 0 aliphatic heterocycles. The Morgan fingerprint density at radius 3 is 2.58 bits per heavy atom. The van der Waals surface area contributed by atoms with Crippen LogP contribution in [0.2, 0.25) is 0 Å². The zero-order valence-corrected chi connectivity index (χ0v) is 9.72. The number of hydrogen-bond donors (Lipinski definition) is 0. The number of hydrogen-bond acceptors (Lipinski definition) is 1. The van der Waals surface area contributed by atoms with Crippen LogP contribution in [-0.4, -0.2) is 9.68 Å². The molecule has 0 aromatic heterocycles. The van der Waals surface area contributed by atoms with Gasteiger partial charge in [-0.2, -0.15) is 0 Å². The normalized spacial score (nSPS) is 27.1. The van der Waals surface area contributed by atoms with Gasteiger partial charge in [-0.25, -0.2) is 0 Å². The van der Waals surface area contributed by atoms with Crippen LogP contribution >= 0.6 is 34.4 Å². The molecule has 1 saturated carbocycles. The summed E-state index contributed by atoms with van der Waals surface area (Å²) in [5.74, 6) is 2.29. The van der Waals surface area contributed by atoms with Crippen LogP contribution in [0.3, 0.4) is 0 Å². The molecule has 1 aromatic rings. The summed E-state index contributed by atoms with van der Waals surface area (Å²) in [5, 5.41) is 0. The molecule has 1 fully saturated rings. The SMILES string of the molecule is I[C@@H]1C[C@@H]1CSc1ccccc1. The van der Waals surface area contributed by atoms with E-state index < -0.39 is 0 Å². The van der Waals surface area contributed by atoms with E-state index in [0.717, 1.165) is 9.84 Å². The van der Waals surface area contributed by atoms with Gasteiger partial charge in [0.15, 0.2) is 0 Å². The molecule has 2 atom stereocenters. The largest absolute Gasteiger partial charge is 0.126 e. The molecule has 1 aliphatic carbocycles. The summed E-state index contributed by atoms with van der Waals surface area (Å²) in [6.07, 6.45) is 1.43. The zero-order chi connectivity index (χ0) is 8.39. The molecule has 64 valence electrons. The standard InChI is InChI=1S/C10H11IS/c11-10-6-8(10)7-12-9-4-2-1-3-5-9/h1-5,8,10H,6-7H2/t8-,10-/m1/s1. The third kappa shape index (κ3) is 2.39. The van der Waals surface area contributed by atoms with Crippen molar-refractivity contribution in [2.45, 2.75) is 15.2 Å². The second-order valence-electron chi connectivity index (χ2n) is 3.14. The average Bonchev–Trinajstić information content (AvgIpc) is 2.81. The summed E-state index contributed by atoms with van der Waals surface area (Å²) in [6, 6.07) is 10.7. The second kappa shape index (κ2) is 4.01. The van der Waals surface area contributed by atoms with Crippen molar-refractivity contribution in [3.63, 3.8) is 0 Å². The third-order valence-electron chi connectivity index (χ3n) is 2.04. The maximum absolute atomic E-state index is 2.55. The van der Waals surface area contributed by atoms with E-state index in [0.29, 0.717) is 0 Å². The van der Waals surface area contributed by atoms with Crippen LogP contribution in [0.1, 0.15) is 6.42 Å². The molecule has 1 aromatic carbocycles. The number of thioether (sulfide) groups is 1. The first kappa shape index (κ1) is 8.88. The summed E-state index contributed by atoms with van der Waals surface area (Å²) >= 11 is 4.54. The van der Waals surface area contributed by atoms with Gasteiger partial charge >= 0.3 is 0 Å². The minimum absolute atomic E-state index is 0.957. The predicted molar refractivity (Wildman–Crippen MR) is 63.1 cm³/mol. The lowest BCUT2D eigenvalue weighted by atomic mass is 10.4. The van der Waals surface area contributed by atoms with Gasteiger partial charge in [-0.1, -0.05) is 40.8 Å². The van der Waals surface area contributed by atoms with Crippen LogP contribution in [-0.2, 0) is 0 Å². The van der Waals surface area contributed by atoms with Crippen molar-refractivity contribution in [1.29, 1.82) is 0 Å². The van der Waals surface area contributed by atoms with Crippen LogP contribution in [0, 0.1) is 5.92 Å². The molecule has 0 bridgehead atoms. The molecule has 0 amide bonds. The van der Waals surface area contributed by atoms with Crippen molar-refractivity contribution in [2.24, 2.45) is 5.92 Å². The lowest BCUT2D eigenvalue weighted by Gasteiger charge is -1.98. The quantitative estimate of drug-likeness (QED) is 0.465. The van der Waals surface area contributed by atoms with E-state index in [-0.39, 0.29) is 0 Å². The summed E-state index contributed by atoms with van der Waals surface area (Å²) in [5.41, 5.74) is 0. The Morgan fingerprint density at radius 1 is 1.33 bits per heavy atom. The smallest absolute Gasteiger partial charge is 0.0149 e. The molecule has 0 saturated heterocycles. The topological polar surface area (TPSA) is 0 Å². The minimum atomic E-state index is 0.957. The molecule has 12 heavy (non-hydrogen) atoms. The van der Waals surface area contributed by atoms with E-state index in [1.54, 1.807) is 0 Å². The maximum atomic E-state index is 2.55. The van der Waals surface area contributed by atoms with Gasteiger partial charge in [-0.05, 0) is 24.5 Å². The molecule has 1 aliphatic rings. The highest BCUT2D eigenvalue weighted by molar-refractivity contribution is 14.1. The van der Waals surface area contributed by atoms with Gasteiger partial charge < -0.3 is 0 Å². The zero-order valence-electron chi connectivity index (χ0n) is 6.74.